The van der Waals surface area contributed by atoms with Gasteiger partial charge in [-0.1, -0.05) is 23.7 Å². The van der Waals surface area contributed by atoms with E-state index >= 15 is 0 Å². The first-order valence-electron chi connectivity index (χ1n) is 7.57. The zero-order valence-electron chi connectivity index (χ0n) is 12.7. The van der Waals surface area contributed by atoms with Crippen LogP contribution in [0.4, 0.5) is 0 Å². The van der Waals surface area contributed by atoms with E-state index in [0.717, 1.165) is 31.5 Å². The maximum absolute atomic E-state index is 12.2. The number of rotatable bonds is 4. The first-order valence-corrected chi connectivity index (χ1v) is 7.95. The van der Waals surface area contributed by atoms with Gasteiger partial charge in [-0.3, -0.25) is 4.79 Å². The van der Waals surface area contributed by atoms with Crippen LogP contribution in [0.5, 0.6) is 0 Å². The van der Waals surface area contributed by atoms with Crippen LogP contribution in [-0.2, 0) is 0 Å². The Kier molecular flexibility index (Phi) is 6.51. The van der Waals surface area contributed by atoms with E-state index in [0.29, 0.717) is 29.0 Å². The van der Waals surface area contributed by atoms with E-state index in [1.807, 2.05) is 18.2 Å². The molecule has 1 aliphatic rings. The summed E-state index contributed by atoms with van der Waals surface area (Å²) in [5, 5.41) is 6.89. The molecule has 23 heavy (non-hydrogen) atoms. The van der Waals surface area contributed by atoms with Crippen molar-refractivity contribution in [2.45, 2.75) is 12.8 Å². The fourth-order valence-electron chi connectivity index (χ4n) is 2.69. The van der Waals surface area contributed by atoms with Gasteiger partial charge in [-0.05, 0) is 56.1 Å². The number of hydrogen-bond donors (Lipinski definition) is 2. The quantitative estimate of drug-likeness (QED) is 0.878. The van der Waals surface area contributed by atoms with Gasteiger partial charge in [0.15, 0.2) is 5.76 Å². The van der Waals surface area contributed by atoms with Gasteiger partial charge in [0.25, 0.3) is 5.91 Å². The van der Waals surface area contributed by atoms with Crippen LogP contribution in [0.2, 0.25) is 5.02 Å². The van der Waals surface area contributed by atoms with E-state index < -0.39 is 0 Å². The van der Waals surface area contributed by atoms with Gasteiger partial charge in [0.1, 0.15) is 5.76 Å². The highest BCUT2D eigenvalue weighted by atomic mass is 35.5. The standard InChI is InChI=1S/C17H19ClN2O2.ClH/c18-14-6-2-1-5-13(14)15-7-8-16(22-15)17(21)20-11-12-4-3-9-19-10-12;/h1-2,5-8,12,19H,3-4,9-11H2,(H,20,21);1H. The van der Waals surface area contributed by atoms with E-state index in [2.05, 4.69) is 10.6 Å². The Morgan fingerprint density at radius 2 is 2.13 bits per heavy atom. The van der Waals surface area contributed by atoms with Crippen LogP contribution in [0.1, 0.15) is 23.4 Å². The molecule has 1 aromatic carbocycles. The number of benzene rings is 1. The molecular weight excluding hydrogens is 335 g/mol. The maximum Gasteiger partial charge on any atom is 0.287 e. The first-order chi connectivity index (χ1) is 10.7. The van der Waals surface area contributed by atoms with Crippen LogP contribution in [0.15, 0.2) is 40.8 Å². The Labute approximate surface area is 147 Å². The number of piperidine rings is 1. The third kappa shape index (κ3) is 4.50. The van der Waals surface area contributed by atoms with Crippen molar-refractivity contribution >= 4 is 29.9 Å². The van der Waals surface area contributed by atoms with Crippen molar-refractivity contribution in [3.8, 4) is 11.3 Å². The van der Waals surface area contributed by atoms with E-state index in [1.165, 1.54) is 0 Å². The van der Waals surface area contributed by atoms with Crippen molar-refractivity contribution in [3.05, 3.63) is 47.2 Å². The molecule has 2 heterocycles. The van der Waals surface area contributed by atoms with E-state index in [4.69, 9.17) is 16.0 Å². The lowest BCUT2D eigenvalue weighted by molar-refractivity contribution is 0.0918. The minimum atomic E-state index is -0.177. The third-order valence-corrected chi connectivity index (χ3v) is 4.25. The Hall–Kier alpha value is -1.49. The van der Waals surface area contributed by atoms with Gasteiger partial charge in [0.2, 0.25) is 0 Å². The second-order valence-corrected chi connectivity index (χ2v) is 5.97. The number of hydrogen-bond acceptors (Lipinski definition) is 3. The maximum atomic E-state index is 12.2. The highest BCUT2D eigenvalue weighted by Gasteiger charge is 2.17. The molecule has 4 nitrogen and oxygen atoms in total. The molecule has 0 radical (unpaired) electrons. The molecule has 2 N–H and O–H groups in total. The van der Waals surface area contributed by atoms with Gasteiger partial charge in [0.05, 0.1) is 5.02 Å². The van der Waals surface area contributed by atoms with Gasteiger partial charge < -0.3 is 15.1 Å². The van der Waals surface area contributed by atoms with Crippen molar-refractivity contribution < 1.29 is 9.21 Å². The molecule has 0 bridgehead atoms. The Balaban J connectivity index is 0.00000192. The van der Waals surface area contributed by atoms with Crippen molar-refractivity contribution in [1.29, 1.82) is 0 Å². The number of amides is 1. The third-order valence-electron chi connectivity index (χ3n) is 3.92. The minimum absolute atomic E-state index is 0. The summed E-state index contributed by atoms with van der Waals surface area (Å²) < 4.78 is 5.64. The summed E-state index contributed by atoms with van der Waals surface area (Å²) in [7, 11) is 0. The molecule has 1 atom stereocenters. The van der Waals surface area contributed by atoms with Gasteiger partial charge in [0, 0.05) is 12.1 Å². The second-order valence-electron chi connectivity index (χ2n) is 5.57. The number of carbonyl (C=O) groups is 1. The molecule has 0 saturated carbocycles. The molecule has 1 fully saturated rings. The number of nitrogens with one attached hydrogen (secondary N) is 2. The topological polar surface area (TPSA) is 54.3 Å². The molecule has 1 unspecified atom stereocenters. The number of furan rings is 1. The molecule has 1 aromatic heterocycles. The predicted octanol–water partition coefficient (Wildman–Crippen LogP) is 3.75. The second kappa shape index (κ2) is 8.39. The zero-order valence-corrected chi connectivity index (χ0v) is 14.3. The molecule has 0 aliphatic carbocycles. The molecule has 3 rings (SSSR count). The smallest absolute Gasteiger partial charge is 0.287 e. The summed E-state index contributed by atoms with van der Waals surface area (Å²) in [6.07, 6.45) is 2.31. The lowest BCUT2D eigenvalue weighted by Crippen LogP contribution is -2.38. The summed E-state index contributed by atoms with van der Waals surface area (Å²) in [5.41, 5.74) is 0.791. The van der Waals surface area contributed by atoms with Gasteiger partial charge in [-0.2, -0.15) is 0 Å². The van der Waals surface area contributed by atoms with Crippen LogP contribution in [-0.4, -0.2) is 25.5 Å². The highest BCUT2D eigenvalue weighted by molar-refractivity contribution is 6.33. The molecular formula is C17H20Cl2N2O2. The Bertz CT molecular complexity index is 652. The molecule has 1 aliphatic heterocycles. The van der Waals surface area contributed by atoms with Crippen molar-refractivity contribution in [3.63, 3.8) is 0 Å². The SMILES string of the molecule is Cl.O=C(NCC1CCCNC1)c1ccc(-c2ccccc2Cl)o1. The summed E-state index contributed by atoms with van der Waals surface area (Å²) in [5.74, 6) is 1.24. The summed E-state index contributed by atoms with van der Waals surface area (Å²) in [6.45, 7) is 2.71. The summed E-state index contributed by atoms with van der Waals surface area (Å²) >= 11 is 6.14. The van der Waals surface area contributed by atoms with E-state index in [1.54, 1.807) is 18.2 Å². The average molecular weight is 355 g/mol. The van der Waals surface area contributed by atoms with Gasteiger partial charge >= 0.3 is 0 Å². The lowest BCUT2D eigenvalue weighted by Gasteiger charge is -2.22. The molecule has 0 spiro atoms. The monoisotopic (exact) mass is 354 g/mol. The zero-order chi connectivity index (χ0) is 15.4. The predicted molar refractivity (Wildman–Crippen MR) is 94.3 cm³/mol. The Morgan fingerprint density at radius 1 is 1.30 bits per heavy atom. The molecule has 1 amide bonds. The average Bonchev–Trinajstić information content (AvgIpc) is 3.04. The normalized spacial score (nSPS) is 17.3. The first kappa shape index (κ1) is 17.9. The number of halogens is 2. The van der Waals surface area contributed by atoms with Crippen LogP contribution < -0.4 is 10.6 Å². The van der Waals surface area contributed by atoms with Crippen LogP contribution >= 0.6 is 24.0 Å². The highest BCUT2D eigenvalue weighted by Crippen LogP contribution is 2.29. The number of carbonyl (C=O) groups excluding carboxylic acids is 1. The van der Waals surface area contributed by atoms with Crippen LogP contribution in [0.25, 0.3) is 11.3 Å². The van der Waals surface area contributed by atoms with Crippen molar-refractivity contribution in [2.75, 3.05) is 19.6 Å². The van der Waals surface area contributed by atoms with E-state index in [9.17, 15) is 4.79 Å². The Morgan fingerprint density at radius 3 is 2.87 bits per heavy atom. The molecule has 2 aromatic rings. The van der Waals surface area contributed by atoms with Crippen molar-refractivity contribution in [1.82, 2.24) is 10.6 Å². The van der Waals surface area contributed by atoms with Crippen LogP contribution in [0.3, 0.4) is 0 Å². The minimum Gasteiger partial charge on any atom is -0.451 e. The van der Waals surface area contributed by atoms with Crippen molar-refractivity contribution in [2.24, 2.45) is 5.92 Å². The largest absolute Gasteiger partial charge is 0.451 e. The fourth-order valence-corrected chi connectivity index (χ4v) is 2.92. The van der Waals surface area contributed by atoms with Gasteiger partial charge in [-0.15, -0.1) is 12.4 Å². The molecule has 1 saturated heterocycles. The molecule has 6 heteroatoms. The summed E-state index contributed by atoms with van der Waals surface area (Å²) in [6, 6.07) is 10.9. The van der Waals surface area contributed by atoms with Crippen LogP contribution in [0, 0.1) is 5.92 Å². The van der Waals surface area contributed by atoms with E-state index in [-0.39, 0.29) is 18.3 Å². The fraction of sp³-hybridized carbons (Fsp3) is 0.353. The lowest BCUT2D eigenvalue weighted by atomic mass is 10.00. The molecule has 124 valence electrons. The summed E-state index contributed by atoms with van der Waals surface area (Å²) in [4.78, 5) is 12.2. The van der Waals surface area contributed by atoms with Gasteiger partial charge in [-0.25, -0.2) is 0 Å².